The molecule has 2 aromatic rings. The van der Waals surface area contributed by atoms with Gasteiger partial charge in [0, 0.05) is 36.8 Å². The number of hydrogen-bond donors (Lipinski definition) is 1. The van der Waals surface area contributed by atoms with E-state index in [9.17, 15) is 4.79 Å². The second kappa shape index (κ2) is 7.42. The third-order valence-corrected chi connectivity index (χ3v) is 4.55. The van der Waals surface area contributed by atoms with Gasteiger partial charge in [0.25, 0.3) is 5.91 Å². The molecule has 2 rings (SSSR count). The summed E-state index contributed by atoms with van der Waals surface area (Å²) in [5, 5.41) is 5.11. The summed E-state index contributed by atoms with van der Waals surface area (Å²) in [6, 6.07) is 12.0. The number of likely N-dealkylation sites (N-methyl/N-ethyl adjacent to an activating group) is 1. The van der Waals surface area contributed by atoms with Gasteiger partial charge in [-0.3, -0.25) is 4.79 Å². The van der Waals surface area contributed by atoms with Crippen LogP contribution in [0.5, 0.6) is 0 Å². The van der Waals surface area contributed by atoms with Crippen LogP contribution in [0.3, 0.4) is 0 Å². The summed E-state index contributed by atoms with van der Waals surface area (Å²) < 4.78 is 0. The molecule has 1 heterocycles. The molecule has 0 saturated heterocycles. The monoisotopic (exact) mass is 317 g/mol. The average Bonchev–Trinajstić information content (AvgIpc) is 3.01. The molecule has 118 valence electrons. The zero-order valence-electron chi connectivity index (χ0n) is 13.5. The van der Waals surface area contributed by atoms with Crippen molar-refractivity contribution in [2.24, 2.45) is 0 Å². The van der Waals surface area contributed by atoms with Crippen LogP contribution in [0.4, 0.5) is 5.69 Å². The van der Waals surface area contributed by atoms with Gasteiger partial charge in [0.2, 0.25) is 0 Å². The van der Waals surface area contributed by atoms with Crippen molar-refractivity contribution in [3.05, 3.63) is 52.2 Å². The summed E-state index contributed by atoms with van der Waals surface area (Å²) >= 11 is 1.71. The first kappa shape index (κ1) is 16.5. The fourth-order valence-corrected chi connectivity index (χ4v) is 3.16. The topological polar surface area (TPSA) is 35.6 Å². The standard InChI is InChI=1S/C17H23N3OS/c1-19(2)14-8-5-7-13(11-14)17(21)18-12-15(20(3)4)16-9-6-10-22-16/h5-11,15H,12H2,1-4H3,(H,18,21)/t15-/m1/s1. The lowest BCUT2D eigenvalue weighted by molar-refractivity contribution is 0.0942. The van der Waals surface area contributed by atoms with Crippen molar-refractivity contribution in [3.8, 4) is 0 Å². The number of carbonyl (C=O) groups is 1. The first-order valence-corrected chi connectivity index (χ1v) is 8.12. The highest BCUT2D eigenvalue weighted by molar-refractivity contribution is 7.10. The van der Waals surface area contributed by atoms with E-state index in [0.29, 0.717) is 12.1 Å². The maximum absolute atomic E-state index is 12.4. The summed E-state index contributed by atoms with van der Waals surface area (Å²) in [7, 11) is 8.00. The Morgan fingerprint density at radius 3 is 2.55 bits per heavy atom. The highest BCUT2D eigenvalue weighted by Crippen LogP contribution is 2.22. The van der Waals surface area contributed by atoms with E-state index in [1.54, 1.807) is 11.3 Å². The number of benzene rings is 1. The van der Waals surface area contributed by atoms with Crippen molar-refractivity contribution in [3.63, 3.8) is 0 Å². The van der Waals surface area contributed by atoms with Gasteiger partial charge in [0.05, 0.1) is 6.04 Å². The van der Waals surface area contributed by atoms with Crippen LogP contribution in [0.25, 0.3) is 0 Å². The number of nitrogens with one attached hydrogen (secondary N) is 1. The predicted molar refractivity (Wildman–Crippen MR) is 93.8 cm³/mol. The van der Waals surface area contributed by atoms with Crippen LogP contribution in [0, 0.1) is 0 Å². The zero-order valence-corrected chi connectivity index (χ0v) is 14.4. The average molecular weight is 317 g/mol. The minimum atomic E-state index is -0.0351. The Morgan fingerprint density at radius 1 is 1.18 bits per heavy atom. The molecule has 0 aliphatic carbocycles. The van der Waals surface area contributed by atoms with E-state index >= 15 is 0 Å². The Balaban J connectivity index is 2.04. The van der Waals surface area contributed by atoms with Gasteiger partial charge in [0.1, 0.15) is 0 Å². The van der Waals surface area contributed by atoms with E-state index < -0.39 is 0 Å². The molecule has 4 nitrogen and oxygen atoms in total. The van der Waals surface area contributed by atoms with Gasteiger partial charge in [-0.05, 0) is 43.7 Å². The molecule has 0 aliphatic heterocycles. The largest absolute Gasteiger partial charge is 0.378 e. The highest BCUT2D eigenvalue weighted by Gasteiger charge is 2.16. The van der Waals surface area contributed by atoms with Crippen molar-refractivity contribution < 1.29 is 4.79 Å². The maximum atomic E-state index is 12.4. The molecule has 1 amide bonds. The number of hydrogen-bond acceptors (Lipinski definition) is 4. The normalized spacial score (nSPS) is 12.2. The van der Waals surface area contributed by atoms with Gasteiger partial charge in [0.15, 0.2) is 0 Å². The molecule has 5 heteroatoms. The summed E-state index contributed by atoms with van der Waals surface area (Å²) in [4.78, 5) is 17.7. The summed E-state index contributed by atoms with van der Waals surface area (Å²) in [5.74, 6) is -0.0351. The quantitative estimate of drug-likeness (QED) is 0.890. The van der Waals surface area contributed by atoms with Crippen molar-refractivity contribution >= 4 is 22.9 Å². The van der Waals surface area contributed by atoms with E-state index in [2.05, 4.69) is 21.7 Å². The second-order valence-electron chi connectivity index (χ2n) is 5.65. The van der Waals surface area contributed by atoms with Crippen LogP contribution in [0.2, 0.25) is 0 Å². The molecule has 0 aliphatic rings. The number of nitrogens with zero attached hydrogens (tertiary/aromatic N) is 2. The van der Waals surface area contributed by atoms with E-state index in [4.69, 9.17) is 0 Å². The molecular weight excluding hydrogens is 294 g/mol. The Morgan fingerprint density at radius 2 is 1.95 bits per heavy atom. The molecule has 0 unspecified atom stereocenters. The molecule has 1 N–H and O–H groups in total. The smallest absolute Gasteiger partial charge is 0.251 e. The third-order valence-electron chi connectivity index (χ3n) is 3.58. The minimum absolute atomic E-state index is 0.0351. The van der Waals surface area contributed by atoms with Crippen LogP contribution in [0.1, 0.15) is 21.3 Å². The van der Waals surface area contributed by atoms with Crippen LogP contribution in [-0.4, -0.2) is 45.5 Å². The van der Waals surface area contributed by atoms with Crippen LogP contribution >= 0.6 is 11.3 Å². The molecule has 1 aromatic carbocycles. The summed E-state index contributed by atoms with van der Waals surface area (Å²) in [5.41, 5.74) is 1.71. The number of rotatable bonds is 6. The molecule has 0 bridgehead atoms. The van der Waals surface area contributed by atoms with Gasteiger partial charge >= 0.3 is 0 Å². The molecule has 0 spiro atoms. The second-order valence-corrected chi connectivity index (χ2v) is 6.63. The number of thiophene rings is 1. The van der Waals surface area contributed by atoms with E-state index in [-0.39, 0.29) is 11.9 Å². The van der Waals surface area contributed by atoms with E-state index in [0.717, 1.165) is 5.69 Å². The highest BCUT2D eigenvalue weighted by atomic mass is 32.1. The van der Waals surface area contributed by atoms with E-state index in [1.165, 1.54) is 4.88 Å². The SMILES string of the molecule is CN(C)c1cccc(C(=O)NC[C@H](c2cccs2)N(C)C)c1. The Labute approximate surface area is 136 Å². The molecule has 1 atom stereocenters. The van der Waals surface area contributed by atoms with Gasteiger partial charge in [-0.1, -0.05) is 12.1 Å². The zero-order chi connectivity index (χ0) is 16.1. The molecule has 1 aromatic heterocycles. The molecule has 22 heavy (non-hydrogen) atoms. The fourth-order valence-electron chi connectivity index (χ4n) is 2.24. The van der Waals surface area contributed by atoms with Gasteiger partial charge < -0.3 is 15.1 Å². The Bertz CT molecular complexity index is 608. The maximum Gasteiger partial charge on any atom is 0.251 e. The number of amides is 1. The summed E-state index contributed by atoms with van der Waals surface area (Å²) in [6.45, 7) is 0.596. The first-order valence-electron chi connectivity index (χ1n) is 7.24. The molecule has 0 saturated carbocycles. The fraction of sp³-hybridized carbons (Fsp3) is 0.353. The number of anilines is 1. The van der Waals surface area contributed by atoms with Gasteiger partial charge in [-0.2, -0.15) is 0 Å². The molecular formula is C17H23N3OS. The van der Waals surface area contributed by atoms with Gasteiger partial charge in [-0.15, -0.1) is 11.3 Å². The lowest BCUT2D eigenvalue weighted by Crippen LogP contribution is -2.34. The van der Waals surface area contributed by atoms with E-state index in [1.807, 2.05) is 63.4 Å². The molecule has 0 radical (unpaired) electrons. The third kappa shape index (κ3) is 4.08. The predicted octanol–water partition coefficient (Wildman–Crippen LogP) is 2.85. The van der Waals surface area contributed by atoms with Crippen molar-refractivity contribution in [2.45, 2.75) is 6.04 Å². The van der Waals surface area contributed by atoms with Crippen LogP contribution < -0.4 is 10.2 Å². The van der Waals surface area contributed by atoms with Crippen molar-refractivity contribution in [1.82, 2.24) is 10.2 Å². The summed E-state index contributed by atoms with van der Waals surface area (Å²) in [6.07, 6.45) is 0. The van der Waals surface area contributed by atoms with Crippen molar-refractivity contribution in [1.29, 1.82) is 0 Å². The van der Waals surface area contributed by atoms with Crippen LogP contribution in [-0.2, 0) is 0 Å². The lowest BCUT2D eigenvalue weighted by atomic mass is 10.1. The Hall–Kier alpha value is -1.85. The molecule has 0 fully saturated rings. The van der Waals surface area contributed by atoms with Crippen molar-refractivity contribution in [2.75, 3.05) is 39.6 Å². The number of carbonyl (C=O) groups excluding carboxylic acids is 1. The minimum Gasteiger partial charge on any atom is -0.378 e. The lowest BCUT2D eigenvalue weighted by Gasteiger charge is -2.23. The van der Waals surface area contributed by atoms with Gasteiger partial charge in [-0.25, -0.2) is 0 Å². The van der Waals surface area contributed by atoms with Crippen LogP contribution in [0.15, 0.2) is 41.8 Å². The first-order chi connectivity index (χ1) is 10.5. The Kier molecular flexibility index (Phi) is 5.57.